The van der Waals surface area contributed by atoms with Gasteiger partial charge in [0.1, 0.15) is 5.82 Å². The fourth-order valence-electron chi connectivity index (χ4n) is 2.03. The van der Waals surface area contributed by atoms with E-state index in [2.05, 4.69) is 33.2 Å². The second-order valence-electron chi connectivity index (χ2n) is 4.46. The number of aromatic nitrogens is 1. The molecule has 1 aliphatic heterocycles. The van der Waals surface area contributed by atoms with Crippen LogP contribution in [0.3, 0.4) is 0 Å². The van der Waals surface area contributed by atoms with Crippen LogP contribution in [0.1, 0.15) is 19.8 Å². The van der Waals surface area contributed by atoms with E-state index in [-0.39, 0.29) is 6.03 Å². The van der Waals surface area contributed by atoms with Crippen LogP contribution in [0.25, 0.3) is 0 Å². The number of halogens is 1. The first-order valence-corrected chi connectivity index (χ1v) is 6.62. The highest BCUT2D eigenvalue weighted by Crippen LogP contribution is 2.20. The molecule has 0 radical (unpaired) electrons. The molecule has 1 atom stereocenters. The molecule has 2 amide bonds. The Balaban J connectivity index is 1.99. The quantitative estimate of drug-likeness (QED) is 0.866. The summed E-state index contributed by atoms with van der Waals surface area (Å²) in [4.78, 5) is 18.0. The predicted molar refractivity (Wildman–Crippen MR) is 70.9 cm³/mol. The molecule has 1 unspecified atom stereocenters. The largest absolute Gasteiger partial charge is 0.324 e. The second kappa shape index (κ2) is 5.49. The van der Waals surface area contributed by atoms with E-state index in [9.17, 15) is 4.79 Å². The molecule has 5 heteroatoms. The van der Waals surface area contributed by atoms with Crippen molar-refractivity contribution in [2.24, 2.45) is 5.92 Å². The first kappa shape index (κ1) is 12.4. The number of rotatable bonds is 1. The van der Waals surface area contributed by atoms with Crippen molar-refractivity contribution >= 4 is 27.8 Å². The Labute approximate surface area is 110 Å². The maximum atomic E-state index is 12.0. The third-order valence-electron chi connectivity index (χ3n) is 2.93. The van der Waals surface area contributed by atoms with Gasteiger partial charge in [0.2, 0.25) is 0 Å². The predicted octanol–water partition coefficient (Wildman–Crippen LogP) is 3.11. The van der Waals surface area contributed by atoms with Gasteiger partial charge in [-0.1, -0.05) is 6.92 Å². The molecule has 1 aromatic rings. The Morgan fingerprint density at radius 2 is 2.47 bits per heavy atom. The van der Waals surface area contributed by atoms with E-state index in [1.54, 1.807) is 6.20 Å². The van der Waals surface area contributed by atoms with Crippen LogP contribution in [-0.2, 0) is 0 Å². The minimum absolute atomic E-state index is 0.0593. The number of nitrogens with one attached hydrogen (secondary N) is 1. The lowest BCUT2D eigenvalue weighted by Gasteiger charge is -2.30. The van der Waals surface area contributed by atoms with Gasteiger partial charge in [0.25, 0.3) is 0 Å². The van der Waals surface area contributed by atoms with Gasteiger partial charge < -0.3 is 4.90 Å². The number of likely N-dealkylation sites (tertiary alicyclic amines) is 1. The average molecular weight is 298 g/mol. The van der Waals surface area contributed by atoms with E-state index in [4.69, 9.17) is 0 Å². The van der Waals surface area contributed by atoms with Gasteiger partial charge in [-0.3, -0.25) is 5.32 Å². The molecular weight excluding hydrogens is 282 g/mol. The van der Waals surface area contributed by atoms with Crippen molar-refractivity contribution in [2.75, 3.05) is 18.4 Å². The van der Waals surface area contributed by atoms with Crippen molar-refractivity contribution < 1.29 is 4.79 Å². The van der Waals surface area contributed by atoms with Crippen LogP contribution in [0.4, 0.5) is 10.6 Å². The number of hydrogen-bond acceptors (Lipinski definition) is 2. The van der Waals surface area contributed by atoms with Crippen LogP contribution in [0.5, 0.6) is 0 Å². The summed E-state index contributed by atoms with van der Waals surface area (Å²) in [6.07, 6.45) is 3.95. The van der Waals surface area contributed by atoms with E-state index in [0.29, 0.717) is 11.7 Å². The maximum absolute atomic E-state index is 12.0. The van der Waals surface area contributed by atoms with E-state index in [1.807, 2.05) is 17.0 Å². The maximum Gasteiger partial charge on any atom is 0.323 e. The Morgan fingerprint density at radius 3 is 3.18 bits per heavy atom. The third kappa shape index (κ3) is 3.19. The topological polar surface area (TPSA) is 45.2 Å². The fraction of sp³-hybridized carbons (Fsp3) is 0.500. The summed E-state index contributed by atoms with van der Waals surface area (Å²) in [5.74, 6) is 1.16. The molecule has 2 heterocycles. The normalized spacial score (nSPS) is 20.1. The molecule has 1 aliphatic rings. The number of piperidine rings is 1. The first-order valence-electron chi connectivity index (χ1n) is 5.83. The van der Waals surface area contributed by atoms with Crippen molar-refractivity contribution in [3.05, 3.63) is 22.8 Å². The third-order valence-corrected chi connectivity index (χ3v) is 3.57. The Bertz CT molecular complexity index is 410. The summed E-state index contributed by atoms with van der Waals surface area (Å²) in [6.45, 7) is 3.84. The van der Waals surface area contributed by atoms with Crippen molar-refractivity contribution in [1.29, 1.82) is 0 Å². The minimum Gasteiger partial charge on any atom is -0.324 e. The monoisotopic (exact) mass is 297 g/mol. The molecular formula is C12H16BrN3O. The van der Waals surface area contributed by atoms with Gasteiger partial charge in [0.15, 0.2) is 0 Å². The number of carbonyl (C=O) groups excluding carboxylic acids is 1. The van der Waals surface area contributed by atoms with Crippen LogP contribution in [0, 0.1) is 5.92 Å². The molecule has 0 saturated carbocycles. The van der Waals surface area contributed by atoms with Crippen molar-refractivity contribution in [2.45, 2.75) is 19.8 Å². The molecule has 0 bridgehead atoms. The Hall–Kier alpha value is -1.10. The van der Waals surface area contributed by atoms with Gasteiger partial charge in [-0.15, -0.1) is 0 Å². The van der Waals surface area contributed by atoms with Crippen LogP contribution in [-0.4, -0.2) is 29.0 Å². The highest BCUT2D eigenvalue weighted by atomic mass is 79.9. The number of anilines is 1. The van der Waals surface area contributed by atoms with Crippen molar-refractivity contribution in [1.82, 2.24) is 9.88 Å². The van der Waals surface area contributed by atoms with Crippen LogP contribution >= 0.6 is 15.9 Å². The van der Waals surface area contributed by atoms with Gasteiger partial charge in [0, 0.05) is 19.3 Å². The molecule has 0 spiro atoms. The van der Waals surface area contributed by atoms with Gasteiger partial charge in [-0.2, -0.15) is 0 Å². The molecule has 1 aromatic heterocycles. The SMILES string of the molecule is CC1CCCN(C(=O)Nc2ncccc2Br)C1. The minimum atomic E-state index is -0.0593. The first-order chi connectivity index (χ1) is 8.16. The highest BCUT2D eigenvalue weighted by Gasteiger charge is 2.21. The Morgan fingerprint density at radius 1 is 1.65 bits per heavy atom. The highest BCUT2D eigenvalue weighted by molar-refractivity contribution is 9.10. The van der Waals surface area contributed by atoms with Crippen LogP contribution in [0.2, 0.25) is 0 Å². The molecule has 17 heavy (non-hydrogen) atoms. The molecule has 2 rings (SSSR count). The smallest absolute Gasteiger partial charge is 0.323 e. The number of urea groups is 1. The van der Waals surface area contributed by atoms with E-state index in [1.165, 1.54) is 6.42 Å². The fourth-order valence-corrected chi connectivity index (χ4v) is 2.39. The molecule has 1 saturated heterocycles. The number of hydrogen-bond donors (Lipinski definition) is 1. The second-order valence-corrected chi connectivity index (χ2v) is 5.31. The number of nitrogens with zero attached hydrogens (tertiary/aromatic N) is 2. The molecule has 0 aliphatic carbocycles. The number of amides is 2. The summed E-state index contributed by atoms with van der Waals surface area (Å²) in [5.41, 5.74) is 0. The van der Waals surface area contributed by atoms with Gasteiger partial charge >= 0.3 is 6.03 Å². The van der Waals surface area contributed by atoms with E-state index < -0.39 is 0 Å². The summed E-state index contributed by atoms with van der Waals surface area (Å²) >= 11 is 3.36. The Kier molecular flexibility index (Phi) is 3.99. The summed E-state index contributed by atoms with van der Waals surface area (Å²) < 4.78 is 0.804. The summed E-state index contributed by atoms with van der Waals surface area (Å²) in [5, 5.41) is 2.83. The van der Waals surface area contributed by atoms with Crippen molar-refractivity contribution in [3.8, 4) is 0 Å². The standard InChI is InChI=1S/C12H16BrN3O/c1-9-4-3-7-16(8-9)12(17)15-11-10(13)5-2-6-14-11/h2,5-6,9H,3-4,7-8H2,1H3,(H,14,15,17). The molecule has 4 nitrogen and oxygen atoms in total. The summed E-state index contributed by atoms with van der Waals surface area (Å²) in [7, 11) is 0. The van der Waals surface area contributed by atoms with E-state index >= 15 is 0 Å². The van der Waals surface area contributed by atoms with E-state index in [0.717, 1.165) is 24.0 Å². The lowest BCUT2D eigenvalue weighted by Crippen LogP contribution is -2.41. The molecule has 1 fully saturated rings. The number of carbonyl (C=O) groups is 1. The zero-order valence-corrected chi connectivity index (χ0v) is 11.4. The molecule has 0 aromatic carbocycles. The number of pyridine rings is 1. The lowest BCUT2D eigenvalue weighted by atomic mass is 10.0. The van der Waals surface area contributed by atoms with Gasteiger partial charge in [0.05, 0.1) is 4.47 Å². The van der Waals surface area contributed by atoms with Gasteiger partial charge in [-0.25, -0.2) is 9.78 Å². The van der Waals surface area contributed by atoms with Crippen molar-refractivity contribution in [3.63, 3.8) is 0 Å². The molecule has 1 N–H and O–H groups in total. The zero-order valence-electron chi connectivity index (χ0n) is 9.82. The van der Waals surface area contributed by atoms with Gasteiger partial charge in [-0.05, 0) is 46.8 Å². The average Bonchev–Trinajstić information content (AvgIpc) is 2.32. The summed E-state index contributed by atoms with van der Waals surface area (Å²) in [6, 6.07) is 3.63. The lowest BCUT2D eigenvalue weighted by molar-refractivity contribution is 0.182. The zero-order chi connectivity index (χ0) is 12.3. The van der Waals surface area contributed by atoms with Crippen LogP contribution in [0.15, 0.2) is 22.8 Å². The van der Waals surface area contributed by atoms with Crippen LogP contribution < -0.4 is 5.32 Å². The molecule has 92 valence electrons.